The molecule has 3 nitrogen and oxygen atoms in total. The number of halogens is 2. The maximum Gasteiger partial charge on any atom is 0.206 e. The summed E-state index contributed by atoms with van der Waals surface area (Å²) in [5.41, 5.74) is 8.50. The fourth-order valence-corrected chi connectivity index (χ4v) is 2.25. The molecule has 0 bridgehead atoms. The van der Waals surface area contributed by atoms with Gasteiger partial charge in [-0.15, -0.1) is 0 Å². The van der Waals surface area contributed by atoms with Crippen molar-refractivity contribution in [1.82, 2.24) is 9.55 Å². The average molecular weight is 276 g/mol. The zero-order valence-electron chi connectivity index (χ0n) is 10.2. The second-order valence-corrected chi connectivity index (χ2v) is 4.75. The number of rotatable bonds is 1. The molecule has 1 aromatic heterocycles. The smallest absolute Gasteiger partial charge is 0.206 e. The number of nitrogen functional groups attached to an aromatic ring is 1. The van der Waals surface area contributed by atoms with E-state index in [4.69, 9.17) is 17.3 Å². The number of hydrogen-bond donors (Lipinski definition) is 1. The summed E-state index contributed by atoms with van der Waals surface area (Å²) in [7, 11) is 0. The number of nitrogens with two attached hydrogens (primary N) is 1. The minimum absolute atomic E-state index is 0.236. The SMILES string of the molecule is Cc1ccc(-n2c(N)nc3c(F)cccc32)cc1Cl. The predicted molar refractivity (Wildman–Crippen MR) is 75.2 cm³/mol. The van der Waals surface area contributed by atoms with E-state index >= 15 is 0 Å². The Kier molecular flexibility index (Phi) is 2.68. The zero-order chi connectivity index (χ0) is 13.6. The first-order valence-corrected chi connectivity index (χ1v) is 6.14. The molecule has 0 atom stereocenters. The van der Waals surface area contributed by atoms with Gasteiger partial charge in [0.1, 0.15) is 5.52 Å². The Hall–Kier alpha value is -2.07. The molecule has 2 aromatic carbocycles. The highest BCUT2D eigenvalue weighted by Crippen LogP contribution is 2.27. The van der Waals surface area contributed by atoms with Crippen molar-refractivity contribution in [2.24, 2.45) is 0 Å². The molecule has 0 amide bonds. The summed E-state index contributed by atoms with van der Waals surface area (Å²) in [4.78, 5) is 4.06. The molecule has 0 fully saturated rings. The van der Waals surface area contributed by atoms with E-state index in [9.17, 15) is 4.39 Å². The molecule has 0 unspecified atom stereocenters. The standard InChI is InChI=1S/C14H11ClFN3/c1-8-5-6-9(7-10(8)15)19-12-4-2-3-11(16)13(12)18-14(19)17/h2-7H,1H3,(H2,17,18). The van der Waals surface area contributed by atoms with Crippen molar-refractivity contribution in [2.75, 3.05) is 5.73 Å². The molecule has 3 aromatic rings. The highest BCUT2D eigenvalue weighted by Gasteiger charge is 2.13. The van der Waals surface area contributed by atoms with Crippen molar-refractivity contribution < 1.29 is 4.39 Å². The van der Waals surface area contributed by atoms with Crippen LogP contribution in [0.3, 0.4) is 0 Å². The van der Waals surface area contributed by atoms with Crippen LogP contribution in [0.5, 0.6) is 0 Å². The van der Waals surface area contributed by atoms with Crippen LogP contribution in [0.1, 0.15) is 5.56 Å². The quantitative estimate of drug-likeness (QED) is 0.736. The van der Waals surface area contributed by atoms with Crippen LogP contribution in [0.15, 0.2) is 36.4 Å². The van der Waals surface area contributed by atoms with Crippen LogP contribution in [0.4, 0.5) is 10.3 Å². The van der Waals surface area contributed by atoms with Crippen molar-refractivity contribution in [3.05, 3.63) is 52.8 Å². The van der Waals surface area contributed by atoms with E-state index in [1.54, 1.807) is 22.8 Å². The molecule has 2 N–H and O–H groups in total. The number of fused-ring (bicyclic) bond motifs is 1. The molecule has 0 radical (unpaired) electrons. The molecule has 1 heterocycles. The minimum atomic E-state index is -0.388. The Morgan fingerprint density at radius 1 is 1.26 bits per heavy atom. The number of para-hydroxylation sites is 1. The number of nitrogens with zero attached hydrogens (tertiary/aromatic N) is 2. The average Bonchev–Trinajstić information content (AvgIpc) is 2.71. The number of aromatic nitrogens is 2. The lowest BCUT2D eigenvalue weighted by atomic mass is 10.2. The molecule has 5 heteroatoms. The monoisotopic (exact) mass is 275 g/mol. The molecule has 0 aliphatic carbocycles. The summed E-state index contributed by atoms with van der Waals surface area (Å²) in [6.45, 7) is 1.92. The summed E-state index contributed by atoms with van der Waals surface area (Å²) in [5, 5.41) is 0.634. The fraction of sp³-hybridized carbons (Fsp3) is 0.0714. The Balaban J connectivity index is 2.33. The molecule has 0 aliphatic rings. The van der Waals surface area contributed by atoms with Crippen molar-refractivity contribution in [1.29, 1.82) is 0 Å². The predicted octanol–water partition coefficient (Wildman–Crippen LogP) is 3.71. The molecular formula is C14H11ClFN3. The minimum Gasteiger partial charge on any atom is -0.369 e. The van der Waals surface area contributed by atoms with E-state index in [0.717, 1.165) is 11.3 Å². The lowest BCUT2D eigenvalue weighted by molar-refractivity contribution is 0.637. The van der Waals surface area contributed by atoms with Gasteiger partial charge < -0.3 is 5.73 Å². The number of aryl methyl sites for hydroxylation is 1. The summed E-state index contributed by atoms with van der Waals surface area (Å²) < 4.78 is 15.4. The topological polar surface area (TPSA) is 43.8 Å². The summed E-state index contributed by atoms with van der Waals surface area (Å²) in [6.07, 6.45) is 0. The Bertz CT molecular complexity index is 780. The summed E-state index contributed by atoms with van der Waals surface area (Å²) in [5.74, 6) is -0.152. The van der Waals surface area contributed by atoms with Gasteiger partial charge >= 0.3 is 0 Å². The van der Waals surface area contributed by atoms with Gasteiger partial charge in [0.05, 0.1) is 11.2 Å². The van der Waals surface area contributed by atoms with Crippen molar-refractivity contribution in [2.45, 2.75) is 6.92 Å². The molecule has 0 saturated heterocycles. The van der Waals surface area contributed by atoms with E-state index < -0.39 is 0 Å². The molecule has 19 heavy (non-hydrogen) atoms. The van der Waals surface area contributed by atoms with Crippen LogP contribution in [0.25, 0.3) is 16.7 Å². The van der Waals surface area contributed by atoms with Gasteiger partial charge in [-0.25, -0.2) is 9.37 Å². The van der Waals surface area contributed by atoms with Gasteiger partial charge in [-0.2, -0.15) is 0 Å². The second-order valence-electron chi connectivity index (χ2n) is 4.35. The van der Waals surface area contributed by atoms with Crippen LogP contribution < -0.4 is 5.73 Å². The molecular weight excluding hydrogens is 265 g/mol. The van der Waals surface area contributed by atoms with Gasteiger partial charge in [0.15, 0.2) is 5.82 Å². The van der Waals surface area contributed by atoms with E-state index in [1.807, 2.05) is 19.1 Å². The van der Waals surface area contributed by atoms with Crippen molar-refractivity contribution in [3.8, 4) is 5.69 Å². The zero-order valence-corrected chi connectivity index (χ0v) is 10.9. The lowest BCUT2D eigenvalue weighted by Gasteiger charge is -2.08. The van der Waals surface area contributed by atoms with E-state index in [2.05, 4.69) is 4.98 Å². The first-order valence-electron chi connectivity index (χ1n) is 5.77. The first-order chi connectivity index (χ1) is 9.08. The molecule has 0 aliphatic heterocycles. The third-order valence-electron chi connectivity index (χ3n) is 3.08. The van der Waals surface area contributed by atoms with Gasteiger partial charge in [-0.05, 0) is 36.8 Å². The Morgan fingerprint density at radius 3 is 2.79 bits per heavy atom. The molecule has 3 rings (SSSR count). The largest absolute Gasteiger partial charge is 0.369 e. The van der Waals surface area contributed by atoms with Crippen LogP contribution in [0.2, 0.25) is 5.02 Å². The Morgan fingerprint density at radius 2 is 2.05 bits per heavy atom. The maximum absolute atomic E-state index is 13.7. The van der Waals surface area contributed by atoms with Gasteiger partial charge in [-0.3, -0.25) is 4.57 Å². The lowest BCUT2D eigenvalue weighted by Crippen LogP contribution is -2.00. The van der Waals surface area contributed by atoms with Crippen LogP contribution in [-0.2, 0) is 0 Å². The highest BCUT2D eigenvalue weighted by molar-refractivity contribution is 6.31. The molecule has 96 valence electrons. The van der Waals surface area contributed by atoms with E-state index in [0.29, 0.717) is 10.5 Å². The number of hydrogen-bond acceptors (Lipinski definition) is 2. The Labute approximate surface area is 114 Å². The summed E-state index contributed by atoms with van der Waals surface area (Å²) >= 11 is 6.12. The maximum atomic E-state index is 13.7. The van der Waals surface area contributed by atoms with Crippen molar-refractivity contribution in [3.63, 3.8) is 0 Å². The van der Waals surface area contributed by atoms with Gasteiger partial charge in [0.25, 0.3) is 0 Å². The number of anilines is 1. The van der Waals surface area contributed by atoms with E-state index in [1.165, 1.54) is 6.07 Å². The van der Waals surface area contributed by atoms with Gasteiger partial charge in [-0.1, -0.05) is 23.7 Å². The second kappa shape index (κ2) is 4.24. The third-order valence-corrected chi connectivity index (χ3v) is 3.48. The fourth-order valence-electron chi connectivity index (χ4n) is 2.08. The van der Waals surface area contributed by atoms with Crippen LogP contribution >= 0.6 is 11.6 Å². The normalized spacial score (nSPS) is 11.1. The van der Waals surface area contributed by atoms with Gasteiger partial charge in [0, 0.05) is 5.02 Å². The van der Waals surface area contributed by atoms with Crippen LogP contribution in [0, 0.1) is 12.7 Å². The van der Waals surface area contributed by atoms with Crippen LogP contribution in [-0.4, -0.2) is 9.55 Å². The molecule has 0 saturated carbocycles. The van der Waals surface area contributed by atoms with Gasteiger partial charge in [0.2, 0.25) is 5.95 Å². The molecule has 0 spiro atoms. The van der Waals surface area contributed by atoms with Crippen molar-refractivity contribution >= 4 is 28.6 Å². The number of imidazole rings is 1. The third kappa shape index (κ3) is 1.85. The highest BCUT2D eigenvalue weighted by atomic mass is 35.5. The van der Waals surface area contributed by atoms with E-state index in [-0.39, 0.29) is 17.3 Å². The summed E-state index contributed by atoms with van der Waals surface area (Å²) in [6, 6.07) is 10.3. The first kappa shape index (κ1) is 12.0. The number of benzene rings is 2.